The van der Waals surface area contributed by atoms with Crippen molar-refractivity contribution in [2.45, 2.75) is 0 Å². The van der Waals surface area contributed by atoms with Gasteiger partial charge in [-0.2, -0.15) is 13.8 Å². The molecule has 100 valence electrons. The van der Waals surface area contributed by atoms with Crippen LogP contribution < -0.4 is 4.90 Å². The minimum atomic E-state index is -1.66. The maximum absolute atomic E-state index is 13.5. The van der Waals surface area contributed by atoms with Gasteiger partial charge in [0.1, 0.15) is 0 Å². The van der Waals surface area contributed by atoms with Crippen LogP contribution in [0, 0.1) is 23.5 Å². The first-order chi connectivity index (χ1) is 8.91. The Balaban J connectivity index is 2.59. The number of nitrogens with zero attached hydrogens (tertiary/aromatic N) is 2. The van der Waals surface area contributed by atoms with E-state index < -0.39 is 29.1 Å². The SMILES string of the molecule is CN(C)c1ccc(-c2c(F)c(F)nc(F)c2F)cc1. The summed E-state index contributed by atoms with van der Waals surface area (Å²) in [5, 5.41) is 0. The van der Waals surface area contributed by atoms with Crippen molar-refractivity contribution in [3.63, 3.8) is 0 Å². The Kier molecular flexibility index (Phi) is 3.42. The molecule has 0 fully saturated rings. The minimum absolute atomic E-state index is 0.0424. The van der Waals surface area contributed by atoms with Crippen molar-refractivity contribution in [1.29, 1.82) is 0 Å². The van der Waals surface area contributed by atoms with E-state index in [2.05, 4.69) is 4.98 Å². The second kappa shape index (κ2) is 4.87. The molecule has 0 unspecified atom stereocenters. The summed E-state index contributed by atoms with van der Waals surface area (Å²) in [5.41, 5.74) is 0.0793. The lowest BCUT2D eigenvalue weighted by molar-refractivity contribution is 0.410. The van der Waals surface area contributed by atoms with Gasteiger partial charge in [0.2, 0.25) is 0 Å². The van der Waals surface area contributed by atoms with E-state index in [1.54, 1.807) is 31.1 Å². The molecule has 0 saturated heterocycles. The molecule has 1 heterocycles. The molecule has 2 rings (SSSR count). The van der Waals surface area contributed by atoms with Crippen LogP contribution in [0.4, 0.5) is 23.2 Å². The Morgan fingerprint density at radius 3 is 1.74 bits per heavy atom. The highest BCUT2D eigenvalue weighted by molar-refractivity contribution is 5.67. The van der Waals surface area contributed by atoms with Crippen LogP contribution in [0.1, 0.15) is 0 Å². The molecule has 0 atom stereocenters. The van der Waals surface area contributed by atoms with E-state index in [0.717, 1.165) is 5.69 Å². The van der Waals surface area contributed by atoms with Crippen molar-refractivity contribution in [3.05, 3.63) is 47.8 Å². The Labute approximate surface area is 107 Å². The maximum Gasteiger partial charge on any atom is 0.252 e. The molecule has 0 bridgehead atoms. The zero-order valence-electron chi connectivity index (χ0n) is 10.2. The maximum atomic E-state index is 13.5. The third-order valence-electron chi connectivity index (χ3n) is 2.67. The number of benzene rings is 1. The van der Waals surface area contributed by atoms with Crippen LogP contribution in [0.2, 0.25) is 0 Å². The van der Waals surface area contributed by atoms with Gasteiger partial charge in [-0.15, -0.1) is 0 Å². The van der Waals surface area contributed by atoms with Gasteiger partial charge in [0.05, 0.1) is 5.56 Å². The number of rotatable bonds is 2. The lowest BCUT2D eigenvalue weighted by Crippen LogP contribution is -2.08. The fourth-order valence-corrected chi connectivity index (χ4v) is 1.67. The molecule has 0 aliphatic rings. The molecule has 2 aromatic rings. The summed E-state index contributed by atoms with van der Waals surface area (Å²) in [5.74, 6) is -6.33. The molecule has 0 aliphatic carbocycles. The second-order valence-electron chi connectivity index (χ2n) is 4.14. The molecule has 1 aromatic carbocycles. The average molecular weight is 270 g/mol. The van der Waals surface area contributed by atoms with Gasteiger partial charge >= 0.3 is 0 Å². The van der Waals surface area contributed by atoms with Gasteiger partial charge in [-0.25, -0.2) is 8.78 Å². The van der Waals surface area contributed by atoms with Gasteiger partial charge < -0.3 is 4.90 Å². The highest BCUT2D eigenvalue weighted by Gasteiger charge is 2.21. The molecule has 0 N–H and O–H groups in total. The summed E-state index contributed by atoms with van der Waals surface area (Å²) < 4.78 is 53.1. The fraction of sp³-hybridized carbons (Fsp3) is 0.154. The minimum Gasteiger partial charge on any atom is -0.378 e. The number of halogens is 4. The van der Waals surface area contributed by atoms with Gasteiger partial charge in [0.25, 0.3) is 11.9 Å². The first kappa shape index (κ1) is 13.3. The summed E-state index contributed by atoms with van der Waals surface area (Å²) in [6.45, 7) is 0. The van der Waals surface area contributed by atoms with E-state index in [1.807, 2.05) is 0 Å². The highest BCUT2D eigenvalue weighted by atomic mass is 19.2. The monoisotopic (exact) mass is 270 g/mol. The summed E-state index contributed by atoms with van der Waals surface area (Å²) in [6.07, 6.45) is 0. The van der Waals surface area contributed by atoms with Crippen LogP contribution in [-0.4, -0.2) is 19.1 Å². The molecule has 0 spiro atoms. The van der Waals surface area contributed by atoms with Crippen molar-refractivity contribution in [3.8, 4) is 11.1 Å². The van der Waals surface area contributed by atoms with E-state index in [0.29, 0.717) is 0 Å². The number of hydrogen-bond donors (Lipinski definition) is 0. The predicted molar refractivity (Wildman–Crippen MR) is 63.8 cm³/mol. The van der Waals surface area contributed by atoms with Gasteiger partial charge in [0, 0.05) is 19.8 Å². The van der Waals surface area contributed by atoms with E-state index in [-0.39, 0.29) is 5.56 Å². The topological polar surface area (TPSA) is 16.1 Å². The van der Waals surface area contributed by atoms with Gasteiger partial charge in [-0.05, 0) is 17.7 Å². The van der Waals surface area contributed by atoms with E-state index >= 15 is 0 Å². The van der Waals surface area contributed by atoms with E-state index in [4.69, 9.17) is 0 Å². The highest BCUT2D eigenvalue weighted by Crippen LogP contribution is 2.29. The van der Waals surface area contributed by atoms with Crippen LogP contribution in [0.25, 0.3) is 11.1 Å². The number of hydrogen-bond acceptors (Lipinski definition) is 2. The van der Waals surface area contributed by atoms with Crippen molar-refractivity contribution < 1.29 is 17.6 Å². The summed E-state index contributed by atoms with van der Waals surface area (Å²) in [4.78, 5) is 4.30. The molecule has 1 aromatic heterocycles. The largest absolute Gasteiger partial charge is 0.378 e. The third kappa shape index (κ3) is 2.38. The Morgan fingerprint density at radius 1 is 0.842 bits per heavy atom. The Morgan fingerprint density at radius 2 is 1.32 bits per heavy atom. The lowest BCUT2D eigenvalue weighted by Gasteiger charge is -2.13. The normalized spacial score (nSPS) is 10.6. The van der Waals surface area contributed by atoms with Gasteiger partial charge in [-0.3, -0.25) is 0 Å². The molecule has 6 heteroatoms. The molecule has 19 heavy (non-hydrogen) atoms. The number of anilines is 1. The number of pyridine rings is 1. The second-order valence-corrected chi connectivity index (χ2v) is 4.14. The van der Waals surface area contributed by atoms with Crippen molar-refractivity contribution in [2.24, 2.45) is 0 Å². The van der Waals surface area contributed by atoms with Crippen molar-refractivity contribution in [2.75, 3.05) is 19.0 Å². The van der Waals surface area contributed by atoms with E-state index in [9.17, 15) is 17.6 Å². The quantitative estimate of drug-likeness (QED) is 0.614. The van der Waals surface area contributed by atoms with Gasteiger partial charge in [0.15, 0.2) is 11.6 Å². The van der Waals surface area contributed by atoms with Crippen LogP contribution in [-0.2, 0) is 0 Å². The first-order valence-corrected chi connectivity index (χ1v) is 5.39. The first-order valence-electron chi connectivity index (χ1n) is 5.39. The molecule has 0 radical (unpaired) electrons. The zero-order valence-corrected chi connectivity index (χ0v) is 10.2. The average Bonchev–Trinajstić information content (AvgIpc) is 2.37. The molecule has 0 saturated carbocycles. The summed E-state index contributed by atoms with van der Waals surface area (Å²) in [6, 6.07) is 5.94. The van der Waals surface area contributed by atoms with Crippen LogP contribution >= 0.6 is 0 Å². The molecule has 0 aliphatic heterocycles. The summed E-state index contributed by atoms with van der Waals surface area (Å²) in [7, 11) is 3.59. The van der Waals surface area contributed by atoms with Crippen LogP contribution in [0.15, 0.2) is 24.3 Å². The molecular weight excluding hydrogens is 260 g/mol. The Hall–Kier alpha value is -2.11. The molecule has 2 nitrogen and oxygen atoms in total. The zero-order chi connectivity index (χ0) is 14.2. The van der Waals surface area contributed by atoms with Crippen molar-refractivity contribution >= 4 is 5.69 Å². The van der Waals surface area contributed by atoms with Crippen LogP contribution in [0.5, 0.6) is 0 Å². The summed E-state index contributed by atoms with van der Waals surface area (Å²) >= 11 is 0. The molecule has 0 amide bonds. The standard InChI is InChI=1S/C13H10F4N2/c1-19(2)8-5-3-7(4-6-8)9-10(14)12(16)18-13(17)11(9)15/h3-6H,1-2H3. The lowest BCUT2D eigenvalue weighted by atomic mass is 10.1. The molecular formula is C13H10F4N2. The fourth-order valence-electron chi connectivity index (χ4n) is 1.67. The van der Waals surface area contributed by atoms with E-state index in [1.165, 1.54) is 12.1 Å². The van der Waals surface area contributed by atoms with Gasteiger partial charge in [-0.1, -0.05) is 12.1 Å². The van der Waals surface area contributed by atoms with Crippen molar-refractivity contribution in [1.82, 2.24) is 4.98 Å². The van der Waals surface area contributed by atoms with Crippen LogP contribution in [0.3, 0.4) is 0 Å². The Bertz CT molecular complexity index is 583. The third-order valence-corrected chi connectivity index (χ3v) is 2.67. The smallest absolute Gasteiger partial charge is 0.252 e. The number of aromatic nitrogens is 1. The predicted octanol–water partition coefficient (Wildman–Crippen LogP) is 3.37.